The number of ether oxygens (including phenoxy) is 4. The van der Waals surface area contributed by atoms with E-state index in [9.17, 15) is 4.79 Å². The van der Waals surface area contributed by atoms with Crippen LogP contribution in [0, 0.1) is 0 Å². The lowest BCUT2D eigenvalue weighted by Gasteiger charge is -2.12. The predicted octanol–water partition coefficient (Wildman–Crippen LogP) is 5.72. The second kappa shape index (κ2) is 12.3. The Balaban J connectivity index is 1.38. The smallest absolute Gasteiger partial charge is 0.271 e. The molecule has 0 aliphatic rings. The molecule has 0 spiro atoms. The zero-order chi connectivity index (χ0) is 26.0. The molecular weight excluding hydrogens is 468 g/mol. The van der Waals surface area contributed by atoms with Crippen LogP contribution in [-0.2, 0) is 6.61 Å². The molecule has 0 saturated carbocycles. The van der Waals surface area contributed by atoms with Gasteiger partial charge in [-0.2, -0.15) is 5.10 Å². The van der Waals surface area contributed by atoms with Crippen molar-refractivity contribution in [2.75, 3.05) is 21.3 Å². The monoisotopic (exact) mass is 496 g/mol. The minimum Gasteiger partial charge on any atom is -0.496 e. The SMILES string of the molecule is COc1cc(OC)c(OC)cc1/C=N\NC(=O)c1ccc(COc2ccccc2-c2ccccc2)cc1. The summed E-state index contributed by atoms with van der Waals surface area (Å²) < 4.78 is 22.1. The summed E-state index contributed by atoms with van der Waals surface area (Å²) in [7, 11) is 4.64. The van der Waals surface area contributed by atoms with Crippen molar-refractivity contribution in [2.45, 2.75) is 6.61 Å². The highest BCUT2D eigenvalue weighted by molar-refractivity contribution is 5.95. The number of methoxy groups -OCH3 is 3. The van der Waals surface area contributed by atoms with Gasteiger partial charge in [-0.05, 0) is 35.4 Å². The summed E-state index contributed by atoms with van der Waals surface area (Å²) in [6.45, 7) is 0.378. The summed E-state index contributed by atoms with van der Waals surface area (Å²) in [4.78, 5) is 12.6. The number of rotatable bonds is 10. The third-order valence-corrected chi connectivity index (χ3v) is 5.69. The first-order chi connectivity index (χ1) is 18.1. The van der Waals surface area contributed by atoms with Crippen molar-refractivity contribution < 1.29 is 23.7 Å². The summed E-state index contributed by atoms with van der Waals surface area (Å²) in [5.41, 5.74) is 6.71. The first kappa shape index (κ1) is 25.3. The molecule has 0 unspecified atom stereocenters. The highest BCUT2D eigenvalue weighted by Crippen LogP contribution is 2.34. The Morgan fingerprint density at radius 3 is 2.11 bits per heavy atom. The lowest BCUT2D eigenvalue weighted by atomic mass is 10.0. The molecule has 37 heavy (non-hydrogen) atoms. The highest BCUT2D eigenvalue weighted by Gasteiger charge is 2.11. The van der Waals surface area contributed by atoms with Gasteiger partial charge >= 0.3 is 0 Å². The minimum atomic E-state index is -0.336. The number of amides is 1. The fraction of sp³-hybridized carbons (Fsp3) is 0.133. The van der Waals surface area contributed by atoms with Gasteiger partial charge < -0.3 is 18.9 Å². The largest absolute Gasteiger partial charge is 0.496 e. The predicted molar refractivity (Wildman–Crippen MR) is 144 cm³/mol. The van der Waals surface area contributed by atoms with E-state index in [4.69, 9.17) is 18.9 Å². The van der Waals surface area contributed by atoms with Crippen LogP contribution >= 0.6 is 0 Å². The van der Waals surface area contributed by atoms with Crippen LogP contribution in [0.2, 0.25) is 0 Å². The number of hydrazone groups is 1. The normalized spacial score (nSPS) is 10.7. The third kappa shape index (κ3) is 6.27. The van der Waals surface area contributed by atoms with E-state index in [1.165, 1.54) is 6.21 Å². The second-order valence-electron chi connectivity index (χ2n) is 8.00. The number of hydrogen-bond acceptors (Lipinski definition) is 6. The fourth-order valence-electron chi connectivity index (χ4n) is 3.74. The van der Waals surface area contributed by atoms with Crippen LogP contribution in [0.15, 0.2) is 96.1 Å². The van der Waals surface area contributed by atoms with Crippen molar-refractivity contribution in [1.82, 2.24) is 5.43 Å². The van der Waals surface area contributed by atoms with E-state index in [0.29, 0.717) is 35.0 Å². The molecule has 4 rings (SSSR count). The van der Waals surface area contributed by atoms with Crippen molar-refractivity contribution in [3.05, 3.63) is 108 Å². The van der Waals surface area contributed by atoms with E-state index >= 15 is 0 Å². The molecule has 4 aromatic carbocycles. The first-order valence-electron chi connectivity index (χ1n) is 11.6. The number of hydrogen-bond donors (Lipinski definition) is 1. The summed E-state index contributed by atoms with van der Waals surface area (Å²) in [6.07, 6.45) is 1.49. The van der Waals surface area contributed by atoms with Crippen LogP contribution in [0.3, 0.4) is 0 Å². The Morgan fingerprint density at radius 1 is 0.757 bits per heavy atom. The van der Waals surface area contributed by atoms with Crippen LogP contribution in [-0.4, -0.2) is 33.5 Å². The van der Waals surface area contributed by atoms with Gasteiger partial charge in [0.25, 0.3) is 5.91 Å². The molecule has 0 saturated heterocycles. The maximum atomic E-state index is 12.6. The summed E-state index contributed by atoms with van der Waals surface area (Å²) >= 11 is 0. The van der Waals surface area contributed by atoms with Crippen molar-refractivity contribution >= 4 is 12.1 Å². The van der Waals surface area contributed by atoms with Gasteiger partial charge in [-0.25, -0.2) is 5.43 Å². The van der Waals surface area contributed by atoms with Gasteiger partial charge in [0.2, 0.25) is 0 Å². The van der Waals surface area contributed by atoms with Crippen LogP contribution in [0.25, 0.3) is 11.1 Å². The fourth-order valence-corrected chi connectivity index (χ4v) is 3.74. The number of nitrogens with one attached hydrogen (secondary N) is 1. The van der Waals surface area contributed by atoms with Gasteiger partial charge in [0, 0.05) is 22.8 Å². The zero-order valence-electron chi connectivity index (χ0n) is 20.9. The molecule has 0 bridgehead atoms. The molecular formula is C30H28N2O5. The van der Waals surface area contributed by atoms with Gasteiger partial charge in [-0.15, -0.1) is 0 Å². The molecule has 188 valence electrons. The number of carbonyl (C=O) groups is 1. The maximum Gasteiger partial charge on any atom is 0.271 e. The van der Waals surface area contributed by atoms with E-state index in [1.807, 2.05) is 54.6 Å². The lowest BCUT2D eigenvalue weighted by Crippen LogP contribution is -2.17. The number of carbonyl (C=O) groups excluding carboxylic acids is 1. The van der Waals surface area contributed by atoms with Crippen molar-refractivity contribution in [3.8, 4) is 34.1 Å². The summed E-state index contributed by atoms with van der Waals surface area (Å²) in [5, 5.41) is 4.07. The van der Waals surface area contributed by atoms with Gasteiger partial charge in [0.1, 0.15) is 18.1 Å². The standard InChI is InChI=1S/C30H28N2O5/c1-34-27-18-29(36-3)28(35-2)17-24(27)19-31-32-30(33)23-15-13-21(14-16-23)20-37-26-12-8-7-11-25(26)22-9-5-4-6-10-22/h4-19H,20H2,1-3H3,(H,32,33)/b31-19-. The second-order valence-corrected chi connectivity index (χ2v) is 8.00. The molecule has 0 atom stereocenters. The van der Waals surface area contributed by atoms with Gasteiger partial charge in [-0.1, -0.05) is 60.7 Å². The quantitative estimate of drug-likeness (QED) is 0.224. The zero-order valence-corrected chi connectivity index (χ0v) is 20.9. The molecule has 7 nitrogen and oxygen atoms in total. The molecule has 0 fully saturated rings. The van der Waals surface area contributed by atoms with Crippen LogP contribution in [0.4, 0.5) is 0 Å². The molecule has 0 aliphatic heterocycles. The van der Waals surface area contributed by atoms with E-state index in [1.54, 1.807) is 45.6 Å². The van der Waals surface area contributed by atoms with Crippen molar-refractivity contribution in [1.29, 1.82) is 0 Å². The molecule has 0 aliphatic carbocycles. The number of benzene rings is 4. The van der Waals surface area contributed by atoms with E-state index in [0.717, 1.165) is 22.4 Å². The van der Waals surface area contributed by atoms with E-state index < -0.39 is 0 Å². The molecule has 1 N–H and O–H groups in total. The Hall–Kier alpha value is -4.78. The molecule has 0 aromatic heterocycles. The Bertz CT molecular complexity index is 1370. The molecule has 1 amide bonds. The summed E-state index contributed by atoms with van der Waals surface area (Å²) in [5.74, 6) is 2.07. The van der Waals surface area contributed by atoms with Gasteiger partial charge in [0.15, 0.2) is 11.5 Å². The number of nitrogens with zero attached hydrogens (tertiary/aromatic N) is 1. The number of para-hydroxylation sites is 1. The third-order valence-electron chi connectivity index (χ3n) is 5.69. The van der Waals surface area contributed by atoms with Crippen molar-refractivity contribution in [3.63, 3.8) is 0 Å². The minimum absolute atomic E-state index is 0.336. The highest BCUT2D eigenvalue weighted by atomic mass is 16.5. The Labute approximate surface area is 216 Å². The van der Waals surface area contributed by atoms with Crippen molar-refractivity contribution in [2.24, 2.45) is 5.10 Å². The molecule has 7 heteroatoms. The molecule has 0 radical (unpaired) electrons. The Morgan fingerprint density at radius 2 is 1.41 bits per heavy atom. The van der Waals surface area contributed by atoms with Gasteiger partial charge in [0.05, 0.1) is 27.5 Å². The lowest BCUT2D eigenvalue weighted by molar-refractivity contribution is 0.0955. The van der Waals surface area contributed by atoms with E-state index in [-0.39, 0.29) is 5.91 Å². The van der Waals surface area contributed by atoms with Crippen LogP contribution in [0.5, 0.6) is 23.0 Å². The van der Waals surface area contributed by atoms with Gasteiger partial charge in [-0.3, -0.25) is 4.79 Å². The topological polar surface area (TPSA) is 78.4 Å². The average Bonchev–Trinajstić information content (AvgIpc) is 2.96. The Kier molecular flexibility index (Phi) is 8.39. The molecule has 0 heterocycles. The first-order valence-corrected chi connectivity index (χ1v) is 11.6. The maximum absolute atomic E-state index is 12.6. The van der Waals surface area contributed by atoms with Crippen LogP contribution < -0.4 is 24.4 Å². The average molecular weight is 497 g/mol. The molecule has 4 aromatic rings. The van der Waals surface area contributed by atoms with E-state index in [2.05, 4.69) is 22.7 Å². The summed E-state index contributed by atoms with van der Waals surface area (Å²) in [6, 6.07) is 28.7. The van der Waals surface area contributed by atoms with Crippen LogP contribution in [0.1, 0.15) is 21.5 Å².